The normalized spacial score (nSPS) is 10.1. The van der Waals surface area contributed by atoms with Gasteiger partial charge in [-0.1, -0.05) is 0 Å². The summed E-state index contributed by atoms with van der Waals surface area (Å²) in [5, 5.41) is 5.88. The van der Waals surface area contributed by atoms with Gasteiger partial charge in [0, 0.05) is 30.2 Å². The molecule has 2 aromatic carbocycles. The van der Waals surface area contributed by atoms with Crippen LogP contribution in [0.1, 0.15) is 24.2 Å². The number of esters is 1. The van der Waals surface area contributed by atoms with Crippen LogP contribution in [0.3, 0.4) is 0 Å². The zero-order chi connectivity index (χ0) is 18.9. The minimum Gasteiger partial charge on any atom is -0.465 e. The molecule has 0 aliphatic heterocycles. The minimum absolute atomic E-state index is 0.134. The Hall–Kier alpha value is -3.02. The number of carbonyl (C=O) groups is 2. The summed E-state index contributed by atoms with van der Waals surface area (Å²) in [6.07, 6.45) is 0. The van der Waals surface area contributed by atoms with Crippen molar-refractivity contribution < 1.29 is 14.3 Å². The van der Waals surface area contributed by atoms with Crippen molar-refractivity contribution in [3.63, 3.8) is 0 Å². The van der Waals surface area contributed by atoms with Crippen LogP contribution < -0.4 is 15.5 Å². The average molecular weight is 355 g/mol. The summed E-state index contributed by atoms with van der Waals surface area (Å²) in [5.41, 5.74) is 3.12. The Bertz CT molecular complexity index is 723. The number of methoxy groups -OCH3 is 1. The topological polar surface area (TPSA) is 70.7 Å². The van der Waals surface area contributed by atoms with Crippen LogP contribution in [-0.4, -0.2) is 38.6 Å². The molecule has 6 nitrogen and oxygen atoms in total. The number of ether oxygens (including phenoxy) is 1. The number of rotatable bonds is 8. The lowest BCUT2D eigenvalue weighted by molar-refractivity contribution is -0.114. The van der Waals surface area contributed by atoms with E-state index in [4.69, 9.17) is 0 Å². The molecule has 0 radical (unpaired) electrons. The molecule has 0 heterocycles. The summed E-state index contributed by atoms with van der Waals surface area (Å²) < 4.78 is 4.65. The first kappa shape index (κ1) is 19.3. The molecule has 0 aliphatic rings. The summed E-state index contributed by atoms with van der Waals surface area (Å²) in [6.45, 7) is 6.25. The van der Waals surface area contributed by atoms with Crippen molar-refractivity contribution in [2.24, 2.45) is 0 Å². The Balaban J connectivity index is 1.86. The van der Waals surface area contributed by atoms with Crippen molar-refractivity contribution in [2.45, 2.75) is 13.8 Å². The van der Waals surface area contributed by atoms with Crippen molar-refractivity contribution in [1.29, 1.82) is 0 Å². The number of carbonyl (C=O) groups excluding carboxylic acids is 2. The Morgan fingerprint density at radius 2 is 1.50 bits per heavy atom. The number of anilines is 3. The van der Waals surface area contributed by atoms with Crippen LogP contribution in [0.5, 0.6) is 0 Å². The van der Waals surface area contributed by atoms with E-state index in [0.717, 1.165) is 30.2 Å². The summed E-state index contributed by atoms with van der Waals surface area (Å²) in [7, 11) is 1.34. The molecule has 0 atom stereocenters. The van der Waals surface area contributed by atoms with Gasteiger partial charge in [-0.15, -0.1) is 0 Å². The maximum absolute atomic E-state index is 12.1. The van der Waals surface area contributed by atoms with E-state index in [9.17, 15) is 9.59 Å². The van der Waals surface area contributed by atoms with Gasteiger partial charge in [0.25, 0.3) is 0 Å². The molecular weight excluding hydrogens is 330 g/mol. The molecule has 0 saturated heterocycles. The van der Waals surface area contributed by atoms with Gasteiger partial charge in [0.1, 0.15) is 0 Å². The SMILES string of the molecule is CCN(CC)c1ccc(NC(=O)CNc2ccc(C(=O)OC)cc2)cc1. The predicted octanol–water partition coefficient (Wildman–Crippen LogP) is 3.37. The molecule has 2 rings (SSSR count). The Morgan fingerprint density at radius 3 is 2.04 bits per heavy atom. The van der Waals surface area contributed by atoms with Crippen LogP contribution in [-0.2, 0) is 9.53 Å². The van der Waals surface area contributed by atoms with Gasteiger partial charge in [0.15, 0.2) is 0 Å². The Labute approximate surface area is 154 Å². The van der Waals surface area contributed by atoms with Gasteiger partial charge in [-0.25, -0.2) is 4.79 Å². The highest BCUT2D eigenvalue weighted by atomic mass is 16.5. The lowest BCUT2D eigenvalue weighted by atomic mass is 10.2. The summed E-state index contributed by atoms with van der Waals surface area (Å²) in [4.78, 5) is 25.7. The molecule has 0 aliphatic carbocycles. The molecule has 138 valence electrons. The first-order chi connectivity index (χ1) is 12.6. The second kappa shape index (κ2) is 9.46. The fourth-order valence-electron chi connectivity index (χ4n) is 2.57. The van der Waals surface area contributed by atoms with E-state index in [2.05, 4.69) is 34.1 Å². The minimum atomic E-state index is -0.387. The third-order valence-electron chi connectivity index (χ3n) is 4.04. The molecule has 0 spiro atoms. The first-order valence-corrected chi connectivity index (χ1v) is 8.64. The van der Waals surface area contributed by atoms with Gasteiger partial charge in [-0.3, -0.25) is 4.79 Å². The van der Waals surface area contributed by atoms with Gasteiger partial charge in [0.2, 0.25) is 5.91 Å². The van der Waals surface area contributed by atoms with Crippen LogP contribution >= 0.6 is 0 Å². The van der Waals surface area contributed by atoms with Crippen molar-refractivity contribution >= 4 is 28.9 Å². The number of hydrogen-bond acceptors (Lipinski definition) is 5. The van der Waals surface area contributed by atoms with E-state index in [-0.39, 0.29) is 18.4 Å². The lowest BCUT2D eigenvalue weighted by Crippen LogP contribution is -2.23. The van der Waals surface area contributed by atoms with Gasteiger partial charge in [-0.2, -0.15) is 0 Å². The van der Waals surface area contributed by atoms with Crippen molar-refractivity contribution in [3.8, 4) is 0 Å². The van der Waals surface area contributed by atoms with Gasteiger partial charge < -0.3 is 20.3 Å². The monoisotopic (exact) mass is 355 g/mol. The average Bonchev–Trinajstić information content (AvgIpc) is 2.68. The van der Waals surface area contributed by atoms with E-state index in [1.165, 1.54) is 7.11 Å². The van der Waals surface area contributed by atoms with E-state index < -0.39 is 0 Å². The second-order valence-corrected chi connectivity index (χ2v) is 5.69. The number of amides is 1. The Morgan fingerprint density at radius 1 is 0.923 bits per heavy atom. The second-order valence-electron chi connectivity index (χ2n) is 5.69. The summed E-state index contributed by atoms with van der Waals surface area (Å²) in [6, 6.07) is 14.6. The quantitative estimate of drug-likeness (QED) is 0.711. The highest BCUT2D eigenvalue weighted by Gasteiger charge is 2.06. The third kappa shape index (κ3) is 5.24. The smallest absolute Gasteiger partial charge is 0.337 e. The van der Waals surface area contributed by atoms with Gasteiger partial charge in [0.05, 0.1) is 19.2 Å². The van der Waals surface area contributed by atoms with E-state index in [0.29, 0.717) is 5.56 Å². The highest BCUT2D eigenvalue weighted by Crippen LogP contribution is 2.17. The maximum atomic E-state index is 12.1. The van der Waals surface area contributed by atoms with E-state index >= 15 is 0 Å². The number of benzene rings is 2. The van der Waals surface area contributed by atoms with Crippen LogP contribution in [0.15, 0.2) is 48.5 Å². The molecular formula is C20H25N3O3. The largest absolute Gasteiger partial charge is 0.465 e. The van der Waals surface area contributed by atoms with Crippen molar-refractivity contribution in [3.05, 3.63) is 54.1 Å². The fourth-order valence-corrected chi connectivity index (χ4v) is 2.57. The molecule has 0 fully saturated rings. The fraction of sp³-hybridized carbons (Fsp3) is 0.300. The molecule has 0 saturated carbocycles. The summed E-state index contributed by atoms with van der Waals surface area (Å²) >= 11 is 0. The molecule has 2 N–H and O–H groups in total. The predicted molar refractivity (Wildman–Crippen MR) is 105 cm³/mol. The van der Waals surface area contributed by atoms with Crippen molar-refractivity contribution in [2.75, 3.05) is 42.3 Å². The molecule has 1 amide bonds. The molecule has 0 aromatic heterocycles. The van der Waals surface area contributed by atoms with E-state index in [1.807, 2.05) is 24.3 Å². The van der Waals surface area contributed by atoms with Gasteiger partial charge >= 0.3 is 5.97 Å². The molecule has 26 heavy (non-hydrogen) atoms. The number of hydrogen-bond donors (Lipinski definition) is 2. The number of nitrogens with one attached hydrogen (secondary N) is 2. The van der Waals surface area contributed by atoms with Crippen molar-refractivity contribution in [1.82, 2.24) is 0 Å². The maximum Gasteiger partial charge on any atom is 0.337 e. The first-order valence-electron chi connectivity index (χ1n) is 8.64. The molecule has 2 aromatic rings. The Kier molecular flexibility index (Phi) is 7.02. The van der Waals surface area contributed by atoms with Crippen LogP contribution in [0.25, 0.3) is 0 Å². The highest BCUT2D eigenvalue weighted by molar-refractivity contribution is 5.94. The van der Waals surface area contributed by atoms with Crippen LogP contribution in [0, 0.1) is 0 Å². The standard InChI is InChI=1S/C20H25N3O3/c1-4-23(5-2)18-12-10-17(11-13-18)22-19(24)14-21-16-8-6-15(7-9-16)20(25)26-3/h6-13,21H,4-5,14H2,1-3H3,(H,22,24). The molecule has 0 unspecified atom stereocenters. The van der Waals surface area contributed by atoms with Crippen LogP contribution in [0.4, 0.5) is 17.1 Å². The molecule has 6 heteroatoms. The zero-order valence-corrected chi connectivity index (χ0v) is 15.4. The lowest BCUT2D eigenvalue weighted by Gasteiger charge is -2.21. The number of nitrogens with zero attached hydrogens (tertiary/aromatic N) is 1. The summed E-state index contributed by atoms with van der Waals surface area (Å²) in [5.74, 6) is -0.528. The van der Waals surface area contributed by atoms with Gasteiger partial charge in [-0.05, 0) is 62.4 Å². The van der Waals surface area contributed by atoms with E-state index in [1.54, 1.807) is 24.3 Å². The van der Waals surface area contributed by atoms with Crippen LogP contribution in [0.2, 0.25) is 0 Å². The third-order valence-corrected chi connectivity index (χ3v) is 4.04. The molecule has 0 bridgehead atoms. The zero-order valence-electron chi connectivity index (χ0n) is 15.4.